The van der Waals surface area contributed by atoms with E-state index >= 15 is 0 Å². The second-order valence-electron chi connectivity index (χ2n) is 4.31. The molecule has 1 N–H and O–H groups in total. The average Bonchev–Trinajstić information content (AvgIpc) is 2.28. The first-order chi connectivity index (χ1) is 8.52. The quantitative estimate of drug-likeness (QED) is 0.891. The Bertz CT molecular complexity index is 532. The van der Waals surface area contributed by atoms with Crippen LogP contribution in [-0.4, -0.2) is 28.9 Å². The van der Waals surface area contributed by atoms with Crippen LogP contribution in [-0.2, 0) is 4.74 Å². The number of carboxylic acids is 1. The van der Waals surface area contributed by atoms with Crippen molar-refractivity contribution in [2.75, 3.05) is 13.2 Å². The van der Waals surface area contributed by atoms with Crippen LogP contribution in [0.2, 0.25) is 5.02 Å². The first-order valence-corrected chi connectivity index (χ1v) is 6.13. The van der Waals surface area contributed by atoms with Gasteiger partial charge < -0.3 is 14.4 Å². The lowest BCUT2D eigenvalue weighted by Crippen LogP contribution is -2.32. The predicted molar refractivity (Wildman–Crippen MR) is 66.5 cm³/mol. The molecule has 1 saturated heterocycles. The van der Waals surface area contributed by atoms with E-state index in [1.54, 1.807) is 6.92 Å². The summed E-state index contributed by atoms with van der Waals surface area (Å²) < 4.78 is 6.77. The molecule has 5 nitrogen and oxygen atoms in total. The van der Waals surface area contributed by atoms with E-state index in [0.29, 0.717) is 31.7 Å². The van der Waals surface area contributed by atoms with Gasteiger partial charge in [-0.25, -0.2) is 4.79 Å². The first-order valence-electron chi connectivity index (χ1n) is 5.75. The summed E-state index contributed by atoms with van der Waals surface area (Å²) in [5, 5.41) is 9.13. The molecule has 2 heterocycles. The summed E-state index contributed by atoms with van der Waals surface area (Å²) >= 11 is 5.82. The Kier molecular flexibility index (Phi) is 3.73. The van der Waals surface area contributed by atoms with Crippen molar-refractivity contribution in [2.24, 2.45) is 0 Å². The highest BCUT2D eigenvalue weighted by Crippen LogP contribution is 2.25. The molecule has 18 heavy (non-hydrogen) atoms. The Morgan fingerprint density at radius 2 is 2.11 bits per heavy atom. The van der Waals surface area contributed by atoms with E-state index in [4.69, 9.17) is 21.4 Å². The van der Waals surface area contributed by atoms with Gasteiger partial charge in [0.1, 0.15) is 0 Å². The lowest BCUT2D eigenvalue weighted by atomic mass is 10.1. The molecule has 0 amide bonds. The number of carboxylic acid groups (broad SMARTS) is 1. The molecule has 1 fully saturated rings. The van der Waals surface area contributed by atoms with Gasteiger partial charge in [0.15, 0.2) is 0 Å². The van der Waals surface area contributed by atoms with Crippen molar-refractivity contribution < 1.29 is 14.6 Å². The Morgan fingerprint density at radius 3 is 2.67 bits per heavy atom. The van der Waals surface area contributed by atoms with E-state index in [0.717, 1.165) is 0 Å². The Morgan fingerprint density at radius 1 is 1.50 bits per heavy atom. The summed E-state index contributed by atoms with van der Waals surface area (Å²) in [6.07, 6.45) is 1.42. The predicted octanol–water partition coefficient (Wildman–Crippen LogP) is 1.86. The minimum Gasteiger partial charge on any atom is -0.478 e. The Balaban J connectivity index is 2.56. The van der Waals surface area contributed by atoms with Gasteiger partial charge in [0.2, 0.25) is 0 Å². The number of pyridine rings is 1. The fourth-order valence-corrected chi connectivity index (χ4v) is 2.67. The molecule has 98 valence electrons. The summed E-state index contributed by atoms with van der Waals surface area (Å²) in [7, 11) is 0. The van der Waals surface area contributed by atoms with Crippen molar-refractivity contribution in [3.05, 3.63) is 32.7 Å². The van der Waals surface area contributed by atoms with Crippen LogP contribution in [0.15, 0.2) is 10.9 Å². The Labute approximate surface area is 109 Å². The van der Waals surface area contributed by atoms with Crippen molar-refractivity contribution in [2.45, 2.75) is 25.8 Å². The molecule has 0 unspecified atom stereocenters. The van der Waals surface area contributed by atoms with E-state index in [9.17, 15) is 9.59 Å². The normalized spacial score (nSPS) is 16.8. The van der Waals surface area contributed by atoms with E-state index < -0.39 is 5.97 Å². The van der Waals surface area contributed by atoms with E-state index in [1.807, 2.05) is 0 Å². The highest BCUT2D eigenvalue weighted by atomic mass is 35.5. The molecule has 0 aromatic carbocycles. The molecule has 0 saturated carbocycles. The highest BCUT2D eigenvalue weighted by Gasteiger charge is 2.23. The average molecular weight is 272 g/mol. The van der Waals surface area contributed by atoms with Crippen molar-refractivity contribution in [3.8, 4) is 0 Å². The molecule has 1 aromatic heterocycles. The molecule has 1 aliphatic rings. The number of carbonyl (C=O) groups is 1. The van der Waals surface area contributed by atoms with Gasteiger partial charge in [-0.2, -0.15) is 0 Å². The minimum absolute atomic E-state index is 0.00255. The number of nitrogens with zero attached hydrogens (tertiary/aromatic N) is 1. The van der Waals surface area contributed by atoms with Crippen LogP contribution in [0.3, 0.4) is 0 Å². The van der Waals surface area contributed by atoms with E-state index in [1.165, 1.54) is 10.6 Å². The fourth-order valence-electron chi connectivity index (χ4n) is 2.36. The van der Waals surface area contributed by atoms with Crippen molar-refractivity contribution >= 4 is 17.6 Å². The van der Waals surface area contributed by atoms with Crippen molar-refractivity contribution in [3.63, 3.8) is 0 Å². The summed E-state index contributed by atoms with van der Waals surface area (Å²) in [6, 6.07) is 1.16. The topological polar surface area (TPSA) is 68.5 Å². The molecule has 2 rings (SSSR count). The van der Waals surface area contributed by atoms with E-state index in [-0.39, 0.29) is 22.2 Å². The number of halogens is 1. The number of rotatable bonds is 2. The standard InChI is InChI=1S/C12H14ClNO4/c1-7-11(12(16)17)9(13)6-10(15)14(7)8-2-4-18-5-3-8/h6,8H,2-5H2,1H3,(H,16,17). The largest absolute Gasteiger partial charge is 0.478 e. The van der Waals surface area contributed by atoms with Crippen molar-refractivity contribution in [1.29, 1.82) is 0 Å². The van der Waals surface area contributed by atoms with Gasteiger partial charge in [-0.1, -0.05) is 11.6 Å². The third-order valence-electron chi connectivity index (χ3n) is 3.22. The van der Waals surface area contributed by atoms with Gasteiger partial charge in [-0.3, -0.25) is 4.79 Å². The highest BCUT2D eigenvalue weighted by molar-refractivity contribution is 6.33. The van der Waals surface area contributed by atoms with Gasteiger partial charge >= 0.3 is 5.97 Å². The number of hydrogen-bond acceptors (Lipinski definition) is 3. The van der Waals surface area contributed by atoms with Gasteiger partial charge in [0, 0.05) is 31.0 Å². The smallest absolute Gasteiger partial charge is 0.339 e. The van der Waals surface area contributed by atoms with Crippen LogP contribution in [0.4, 0.5) is 0 Å². The number of ether oxygens (including phenoxy) is 1. The van der Waals surface area contributed by atoms with Gasteiger partial charge in [-0.15, -0.1) is 0 Å². The maximum absolute atomic E-state index is 12.0. The van der Waals surface area contributed by atoms with E-state index in [2.05, 4.69) is 0 Å². The zero-order chi connectivity index (χ0) is 13.3. The van der Waals surface area contributed by atoms with Crippen LogP contribution in [0.5, 0.6) is 0 Å². The third-order valence-corrected chi connectivity index (χ3v) is 3.52. The Hall–Kier alpha value is -1.33. The van der Waals surface area contributed by atoms with Crippen LogP contribution < -0.4 is 5.56 Å². The summed E-state index contributed by atoms with van der Waals surface area (Å²) in [5.74, 6) is -1.11. The molecular weight excluding hydrogens is 258 g/mol. The number of aromatic carboxylic acids is 1. The molecular formula is C12H14ClNO4. The molecule has 1 aliphatic heterocycles. The number of aromatic nitrogens is 1. The van der Waals surface area contributed by atoms with Crippen LogP contribution in [0.1, 0.15) is 34.9 Å². The maximum Gasteiger partial charge on any atom is 0.339 e. The van der Waals surface area contributed by atoms with Gasteiger partial charge in [0.25, 0.3) is 5.56 Å². The summed E-state index contributed by atoms with van der Waals surface area (Å²) in [6.45, 7) is 2.79. The maximum atomic E-state index is 12.0. The molecule has 0 radical (unpaired) electrons. The monoisotopic (exact) mass is 271 g/mol. The zero-order valence-corrected chi connectivity index (χ0v) is 10.7. The van der Waals surface area contributed by atoms with Crippen LogP contribution in [0, 0.1) is 6.92 Å². The van der Waals surface area contributed by atoms with Gasteiger partial charge in [-0.05, 0) is 19.8 Å². The molecule has 6 heteroatoms. The van der Waals surface area contributed by atoms with Crippen LogP contribution in [0.25, 0.3) is 0 Å². The number of hydrogen-bond donors (Lipinski definition) is 1. The summed E-state index contributed by atoms with van der Waals surface area (Å²) in [5.41, 5.74) is 0.157. The zero-order valence-electron chi connectivity index (χ0n) is 9.98. The minimum atomic E-state index is -1.11. The molecule has 0 bridgehead atoms. The SMILES string of the molecule is Cc1c(C(=O)O)c(Cl)cc(=O)n1C1CCOCC1. The van der Waals surface area contributed by atoms with Crippen LogP contribution >= 0.6 is 11.6 Å². The summed E-state index contributed by atoms with van der Waals surface area (Å²) in [4.78, 5) is 23.1. The lowest BCUT2D eigenvalue weighted by molar-refractivity contribution is 0.0665. The third kappa shape index (κ3) is 2.28. The molecule has 1 aromatic rings. The first kappa shape index (κ1) is 13.1. The van der Waals surface area contributed by atoms with Crippen molar-refractivity contribution in [1.82, 2.24) is 4.57 Å². The molecule has 0 atom stereocenters. The second-order valence-corrected chi connectivity index (χ2v) is 4.72. The molecule has 0 spiro atoms. The fraction of sp³-hybridized carbons (Fsp3) is 0.500. The van der Waals surface area contributed by atoms with Gasteiger partial charge in [0.05, 0.1) is 10.6 Å². The lowest BCUT2D eigenvalue weighted by Gasteiger charge is -2.26. The molecule has 0 aliphatic carbocycles. The second kappa shape index (κ2) is 5.12.